The molecule has 0 aliphatic rings. The van der Waals surface area contributed by atoms with Crippen molar-refractivity contribution >= 4 is 37.6 Å². The van der Waals surface area contributed by atoms with E-state index in [0.29, 0.717) is 4.31 Å². The summed E-state index contributed by atoms with van der Waals surface area (Å²) in [5.41, 5.74) is -0.868. The summed E-state index contributed by atoms with van der Waals surface area (Å²) >= 11 is 0. The van der Waals surface area contributed by atoms with Crippen molar-refractivity contribution < 1.29 is 31.1 Å². The zero-order valence-electron chi connectivity index (χ0n) is 15.8. The zero-order valence-corrected chi connectivity index (χ0v) is 17.4. The van der Waals surface area contributed by atoms with Gasteiger partial charge in [-0.2, -0.15) is 9.97 Å². The van der Waals surface area contributed by atoms with Crippen LogP contribution in [0.3, 0.4) is 0 Å². The minimum absolute atomic E-state index is 0.0839. The van der Waals surface area contributed by atoms with Crippen LogP contribution in [0, 0.1) is 0 Å². The van der Waals surface area contributed by atoms with Crippen LogP contribution in [0.5, 0.6) is 11.8 Å². The predicted octanol–water partition coefficient (Wildman–Crippen LogP) is -0.816. The number of primary sulfonamides is 1. The van der Waals surface area contributed by atoms with Gasteiger partial charge in [-0.05, 0) is 6.07 Å². The Bertz CT molecular complexity index is 1130. The molecule has 0 bridgehead atoms. The Morgan fingerprint density at radius 2 is 1.69 bits per heavy atom. The second-order valence-electron chi connectivity index (χ2n) is 5.52. The minimum Gasteiger partial charge on any atom is -0.481 e. The van der Waals surface area contributed by atoms with Gasteiger partial charge in [-0.3, -0.25) is 14.4 Å². The van der Waals surface area contributed by atoms with E-state index >= 15 is 0 Å². The maximum absolute atomic E-state index is 12.8. The highest BCUT2D eigenvalue weighted by Crippen LogP contribution is 2.28. The smallest absolute Gasteiger partial charge is 0.260 e. The summed E-state index contributed by atoms with van der Waals surface area (Å²) in [6.07, 6.45) is 1.83. The lowest BCUT2D eigenvalue weighted by molar-refractivity contribution is 0.102. The third-order valence-electron chi connectivity index (χ3n) is 3.54. The van der Waals surface area contributed by atoms with E-state index in [2.05, 4.69) is 20.3 Å². The van der Waals surface area contributed by atoms with E-state index in [9.17, 15) is 21.6 Å². The average molecular weight is 446 g/mol. The molecule has 2 aromatic rings. The van der Waals surface area contributed by atoms with Gasteiger partial charge in [0.15, 0.2) is 5.03 Å². The van der Waals surface area contributed by atoms with Gasteiger partial charge in [-0.1, -0.05) is 0 Å². The van der Waals surface area contributed by atoms with Crippen molar-refractivity contribution in [2.24, 2.45) is 5.14 Å². The quantitative estimate of drug-likeness (QED) is 0.545. The Labute approximate surface area is 167 Å². The highest BCUT2D eigenvalue weighted by atomic mass is 32.2. The summed E-state index contributed by atoms with van der Waals surface area (Å²) in [6.45, 7) is 0. The average Bonchev–Trinajstić information content (AvgIpc) is 2.64. The summed E-state index contributed by atoms with van der Waals surface area (Å²) in [5, 5.41) is 6.67. The fourth-order valence-corrected chi connectivity index (χ4v) is 3.43. The number of aromatic nitrogens is 3. The molecule has 0 saturated carbocycles. The van der Waals surface area contributed by atoms with Gasteiger partial charge in [-0.15, -0.1) is 0 Å². The van der Waals surface area contributed by atoms with Crippen LogP contribution in [0.15, 0.2) is 23.4 Å². The Hall–Kier alpha value is -3.04. The number of nitrogens with zero attached hydrogens (tertiary/aromatic N) is 4. The standard InChI is InChI=1S/C14H18N6O7S2/c1-20(28(4,22)23)11-8(5-6-16-13(11)29(15,24)25)12(21)19-14-17-9(26-2)7-10(18-14)27-3/h5-7H,1-4H3,(H2,15,24,25)(H,17,18,19,21). The third-order valence-corrected chi connectivity index (χ3v) is 5.56. The molecule has 1 amide bonds. The van der Waals surface area contributed by atoms with E-state index in [1.807, 2.05) is 0 Å². The van der Waals surface area contributed by atoms with Crippen molar-refractivity contribution in [3.8, 4) is 11.8 Å². The van der Waals surface area contributed by atoms with Gasteiger partial charge < -0.3 is 9.47 Å². The van der Waals surface area contributed by atoms with Crippen LogP contribution in [0.1, 0.15) is 10.4 Å². The second kappa shape index (κ2) is 8.14. The van der Waals surface area contributed by atoms with Crippen LogP contribution in [-0.4, -0.2) is 65.2 Å². The van der Waals surface area contributed by atoms with Crippen LogP contribution >= 0.6 is 0 Å². The molecule has 0 unspecified atom stereocenters. The van der Waals surface area contributed by atoms with Crippen molar-refractivity contribution in [1.29, 1.82) is 0 Å². The van der Waals surface area contributed by atoms with Gasteiger partial charge in [0.25, 0.3) is 15.9 Å². The maximum Gasteiger partial charge on any atom is 0.260 e. The Kier molecular flexibility index (Phi) is 6.24. The van der Waals surface area contributed by atoms with Gasteiger partial charge in [0, 0.05) is 13.2 Å². The van der Waals surface area contributed by atoms with Crippen molar-refractivity contribution in [2.45, 2.75) is 5.03 Å². The molecule has 0 fully saturated rings. The first kappa shape index (κ1) is 22.3. The molecule has 13 nitrogen and oxygen atoms in total. The van der Waals surface area contributed by atoms with Crippen molar-refractivity contribution in [3.63, 3.8) is 0 Å². The van der Waals surface area contributed by atoms with Gasteiger partial charge >= 0.3 is 0 Å². The SMILES string of the molecule is COc1cc(OC)nc(NC(=O)c2ccnc(S(N)(=O)=O)c2N(C)S(C)(=O)=O)n1. The molecular formula is C14H18N6O7S2. The maximum atomic E-state index is 12.8. The van der Waals surface area contributed by atoms with E-state index in [1.54, 1.807) is 0 Å². The van der Waals surface area contributed by atoms with Gasteiger partial charge in [-0.25, -0.2) is 27.0 Å². The molecule has 0 atom stereocenters. The molecule has 2 rings (SSSR count). The van der Waals surface area contributed by atoms with Gasteiger partial charge in [0.05, 0.1) is 32.1 Å². The summed E-state index contributed by atoms with van der Waals surface area (Å²) in [7, 11) is -4.68. The van der Waals surface area contributed by atoms with E-state index < -0.39 is 36.7 Å². The molecule has 0 aliphatic carbocycles. The molecular weight excluding hydrogens is 428 g/mol. The zero-order chi connectivity index (χ0) is 22.0. The number of methoxy groups -OCH3 is 2. The first-order chi connectivity index (χ1) is 13.4. The minimum atomic E-state index is -4.46. The first-order valence-corrected chi connectivity index (χ1v) is 11.0. The normalized spacial score (nSPS) is 11.6. The Morgan fingerprint density at radius 1 is 1.14 bits per heavy atom. The van der Waals surface area contributed by atoms with Crippen molar-refractivity contribution in [3.05, 3.63) is 23.9 Å². The molecule has 158 valence electrons. The first-order valence-electron chi connectivity index (χ1n) is 7.62. The second-order valence-corrected chi connectivity index (χ2v) is 9.01. The summed E-state index contributed by atoms with van der Waals surface area (Å²) in [5.74, 6) is -0.979. The number of rotatable bonds is 7. The molecule has 2 aromatic heterocycles. The van der Waals surface area contributed by atoms with Crippen molar-refractivity contribution in [2.75, 3.05) is 37.1 Å². The number of hydrogen-bond donors (Lipinski definition) is 2. The third kappa shape index (κ3) is 5.07. The Morgan fingerprint density at radius 3 is 2.14 bits per heavy atom. The molecule has 0 radical (unpaired) electrons. The van der Waals surface area contributed by atoms with Gasteiger partial charge in [0.1, 0.15) is 5.69 Å². The molecule has 0 aliphatic heterocycles. The number of pyridine rings is 1. The summed E-state index contributed by atoms with van der Waals surface area (Å²) in [4.78, 5) is 24.3. The molecule has 29 heavy (non-hydrogen) atoms. The number of nitrogens with one attached hydrogen (secondary N) is 1. The van der Waals surface area contributed by atoms with Gasteiger partial charge in [0.2, 0.25) is 27.7 Å². The van der Waals surface area contributed by atoms with Crippen LogP contribution < -0.4 is 24.2 Å². The Balaban J connectivity index is 2.61. The molecule has 2 heterocycles. The summed E-state index contributed by atoms with van der Waals surface area (Å²) in [6, 6.07) is 2.49. The number of amides is 1. The van der Waals surface area contributed by atoms with E-state index in [1.165, 1.54) is 20.3 Å². The molecule has 15 heteroatoms. The molecule has 0 spiro atoms. The van der Waals surface area contributed by atoms with Crippen LogP contribution in [0.2, 0.25) is 0 Å². The number of carbonyl (C=O) groups is 1. The molecule has 3 N–H and O–H groups in total. The highest BCUT2D eigenvalue weighted by Gasteiger charge is 2.29. The molecule has 0 saturated heterocycles. The topological polar surface area (TPSA) is 184 Å². The van der Waals surface area contributed by atoms with Crippen LogP contribution in [-0.2, 0) is 20.0 Å². The number of anilines is 2. The lowest BCUT2D eigenvalue weighted by Crippen LogP contribution is -2.31. The number of ether oxygens (including phenoxy) is 2. The highest BCUT2D eigenvalue weighted by molar-refractivity contribution is 7.92. The number of sulfonamides is 2. The van der Waals surface area contributed by atoms with E-state index in [4.69, 9.17) is 14.6 Å². The van der Waals surface area contributed by atoms with Crippen molar-refractivity contribution in [1.82, 2.24) is 15.0 Å². The number of nitrogens with two attached hydrogens (primary N) is 1. The summed E-state index contributed by atoms with van der Waals surface area (Å²) < 4.78 is 58.3. The number of hydrogen-bond acceptors (Lipinski definition) is 10. The van der Waals surface area contributed by atoms with E-state index in [-0.39, 0.29) is 23.3 Å². The predicted molar refractivity (Wildman–Crippen MR) is 102 cm³/mol. The fraction of sp³-hybridized carbons (Fsp3) is 0.286. The van der Waals surface area contributed by atoms with Crippen LogP contribution in [0.4, 0.5) is 11.6 Å². The monoisotopic (exact) mass is 446 g/mol. The van der Waals surface area contributed by atoms with Crippen LogP contribution in [0.25, 0.3) is 0 Å². The van der Waals surface area contributed by atoms with E-state index in [0.717, 1.165) is 25.6 Å². The largest absolute Gasteiger partial charge is 0.481 e. The number of carbonyl (C=O) groups excluding carboxylic acids is 1. The fourth-order valence-electron chi connectivity index (χ4n) is 2.13. The lowest BCUT2D eigenvalue weighted by Gasteiger charge is -2.21. The molecule has 0 aromatic carbocycles. The lowest BCUT2D eigenvalue weighted by atomic mass is 10.2.